The molecule has 0 aliphatic carbocycles. The maximum Gasteiger partial charge on any atom is 0.319 e. The molecule has 0 fully saturated rings. The van der Waals surface area contributed by atoms with Gasteiger partial charge in [-0.25, -0.2) is 4.79 Å². The maximum atomic E-state index is 11.9. The van der Waals surface area contributed by atoms with E-state index in [4.69, 9.17) is 21.1 Å². The number of pyridine rings is 1. The Hall–Kier alpha value is -2.47. The number of nitrogens with zero attached hydrogens (tertiary/aromatic N) is 1. The fraction of sp³-hybridized carbons (Fsp3) is 0.200. The third kappa shape index (κ3) is 4.02. The van der Waals surface area contributed by atoms with Crippen LogP contribution in [0.15, 0.2) is 36.7 Å². The summed E-state index contributed by atoms with van der Waals surface area (Å²) in [6.45, 7) is 0.367. The van der Waals surface area contributed by atoms with Gasteiger partial charge >= 0.3 is 6.03 Å². The normalized spacial score (nSPS) is 9.95. The third-order valence-electron chi connectivity index (χ3n) is 2.90. The second-order valence-electron chi connectivity index (χ2n) is 4.36. The van der Waals surface area contributed by atoms with E-state index in [1.54, 1.807) is 30.6 Å². The summed E-state index contributed by atoms with van der Waals surface area (Å²) in [5, 5.41) is 5.80. The molecular formula is C15H16ClN3O3. The standard InChI is InChI=1S/C15H16ClN3O3/c1-21-13-7-14(22-2)12(6-11(13)16)19-15(20)18-9-10-4-3-5-17-8-10/h3-8H,9H2,1-2H3,(H2,18,19,20). The number of amides is 2. The van der Waals surface area contributed by atoms with Gasteiger partial charge in [0.25, 0.3) is 0 Å². The summed E-state index contributed by atoms with van der Waals surface area (Å²) in [4.78, 5) is 15.9. The first-order chi connectivity index (χ1) is 10.6. The molecule has 0 radical (unpaired) electrons. The molecule has 0 saturated heterocycles. The van der Waals surface area contributed by atoms with E-state index in [1.807, 2.05) is 6.07 Å². The van der Waals surface area contributed by atoms with Gasteiger partial charge in [0.15, 0.2) is 0 Å². The molecular weight excluding hydrogens is 306 g/mol. The molecule has 0 unspecified atom stereocenters. The number of nitrogens with one attached hydrogen (secondary N) is 2. The molecule has 1 heterocycles. The first-order valence-corrected chi connectivity index (χ1v) is 6.87. The molecule has 6 nitrogen and oxygen atoms in total. The number of anilines is 1. The molecule has 116 valence electrons. The van der Waals surface area contributed by atoms with E-state index in [0.717, 1.165) is 5.56 Å². The van der Waals surface area contributed by atoms with Gasteiger partial charge in [-0.2, -0.15) is 0 Å². The number of hydrogen-bond acceptors (Lipinski definition) is 4. The van der Waals surface area contributed by atoms with Crippen molar-refractivity contribution in [2.45, 2.75) is 6.54 Å². The molecule has 2 aromatic rings. The van der Waals surface area contributed by atoms with E-state index >= 15 is 0 Å². The van der Waals surface area contributed by atoms with Gasteiger partial charge in [0.2, 0.25) is 0 Å². The molecule has 7 heteroatoms. The molecule has 0 aliphatic rings. The zero-order chi connectivity index (χ0) is 15.9. The lowest BCUT2D eigenvalue weighted by Crippen LogP contribution is -2.28. The van der Waals surface area contributed by atoms with Gasteiger partial charge in [-0.1, -0.05) is 17.7 Å². The number of urea groups is 1. The van der Waals surface area contributed by atoms with Crippen molar-refractivity contribution in [2.75, 3.05) is 19.5 Å². The number of rotatable bonds is 5. The Labute approximate surface area is 133 Å². The Morgan fingerprint density at radius 3 is 2.68 bits per heavy atom. The van der Waals surface area contributed by atoms with Gasteiger partial charge in [0.05, 0.1) is 24.9 Å². The average molecular weight is 322 g/mol. The highest BCUT2D eigenvalue weighted by atomic mass is 35.5. The van der Waals surface area contributed by atoms with Gasteiger partial charge < -0.3 is 20.1 Å². The van der Waals surface area contributed by atoms with E-state index in [9.17, 15) is 4.79 Å². The lowest BCUT2D eigenvalue weighted by molar-refractivity contribution is 0.251. The predicted molar refractivity (Wildman–Crippen MR) is 84.7 cm³/mol. The number of aromatic nitrogens is 1. The third-order valence-corrected chi connectivity index (χ3v) is 3.19. The Morgan fingerprint density at radius 2 is 2.05 bits per heavy atom. The Bertz CT molecular complexity index is 650. The van der Waals surface area contributed by atoms with Gasteiger partial charge in [-0.05, 0) is 17.7 Å². The number of ether oxygens (including phenoxy) is 2. The van der Waals surface area contributed by atoms with Crippen LogP contribution in [0.4, 0.5) is 10.5 Å². The Morgan fingerprint density at radius 1 is 1.27 bits per heavy atom. The van der Waals surface area contributed by atoms with Crippen LogP contribution in [0.5, 0.6) is 11.5 Å². The quantitative estimate of drug-likeness (QED) is 0.887. The molecule has 22 heavy (non-hydrogen) atoms. The number of carbonyl (C=O) groups is 1. The molecule has 1 aromatic heterocycles. The van der Waals surface area contributed by atoms with Crippen molar-refractivity contribution in [3.8, 4) is 11.5 Å². The van der Waals surface area contributed by atoms with Crippen molar-refractivity contribution in [2.24, 2.45) is 0 Å². The van der Waals surface area contributed by atoms with Crippen LogP contribution in [0.1, 0.15) is 5.56 Å². The van der Waals surface area contributed by atoms with Crippen molar-refractivity contribution in [1.29, 1.82) is 0 Å². The zero-order valence-electron chi connectivity index (χ0n) is 12.2. The second-order valence-corrected chi connectivity index (χ2v) is 4.76. The van der Waals surface area contributed by atoms with Crippen LogP contribution in [0.2, 0.25) is 5.02 Å². The number of methoxy groups -OCH3 is 2. The first kappa shape index (κ1) is 15.9. The molecule has 0 atom stereocenters. The lowest BCUT2D eigenvalue weighted by Gasteiger charge is -2.13. The summed E-state index contributed by atoms with van der Waals surface area (Å²) in [6.07, 6.45) is 3.36. The summed E-state index contributed by atoms with van der Waals surface area (Å²) in [6, 6.07) is 6.49. The number of carbonyl (C=O) groups excluding carboxylic acids is 1. The van der Waals surface area contributed by atoms with Crippen LogP contribution in [0, 0.1) is 0 Å². The van der Waals surface area contributed by atoms with Crippen molar-refractivity contribution in [3.63, 3.8) is 0 Å². The number of halogens is 1. The molecule has 2 rings (SSSR count). The van der Waals surface area contributed by atoms with Crippen LogP contribution >= 0.6 is 11.6 Å². The molecule has 0 spiro atoms. The SMILES string of the molecule is COc1cc(OC)c(NC(=O)NCc2cccnc2)cc1Cl. The van der Waals surface area contributed by atoms with Gasteiger partial charge in [-0.3, -0.25) is 4.98 Å². The highest BCUT2D eigenvalue weighted by Gasteiger charge is 2.12. The predicted octanol–water partition coefficient (Wildman–Crippen LogP) is 3.07. The summed E-state index contributed by atoms with van der Waals surface area (Å²) in [7, 11) is 3.01. The average Bonchev–Trinajstić information content (AvgIpc) is 2.54. The molecule has 2 N–H and O–H groups in total. The van der Waals surface area contributed by atoms with Crippen molar-refractivity contribution >= 4 is 23.3 Å². The Balaban J connectivity index is 2.03. The van der Waals surface area contributed by atoms with Crippen molar-refractivity contribution in [3.05, 3.63) is 47.2 Å². The molecule has 0 bridgehead atoms. The maximum absolute atomic E-state index is 11.9. The number of benzene rings is 1. The van der Waals surface area contributed by atoms with Crippen LogP contribution in [-0.4, -0.2) is 25.2 Å². The van der Waals surface area contributed by atoms with Crippen molar-refractivity contribution in [1.82, 2.24) is 10.3 Å². The largest absolute Gasteiger partial charge is 0.495 e. The molecule has 0 saturated carbocycles. The summed E-state index contributed by atoms with van der Waals surface area (Å²) < 4.78 is 10.3. The van der Waals surface area contributed by atoms with E-state index in [1.165, 1.54) is 14.2 Å². The molecule has 1 aromatic carbocycles. The summed E-state index contributed by atoms with van der Waals surface area (Å²) >= 11 is 6.05. The monoisotopic (exact) mass is 321 g/mol. The minimum atomic E-state index is -0.372. The van der Waals surface area contributed by atoms with Crippen LogP contribution in [-0.2, 0) is 6.54 Å². The van der Waals surface area contributed by atoms with Gasteiger partial charge in [0, 0.05) is 25.0 Å². The minimum Gasteiger partial charge on any atom is -0.495 e. The fourth-order valence-electron chi connectivity index (χ4n) is 1.81. The Kier molecular flexibility index (Phi) is 5.43. The van der Waals surface area contributed by atoms with Crippen LogP contribution < -0.4 is 20.1 Å². The summed E-state index contributed by atoms with van der Waals surface area (Å²) in [5.74, 6) is 0.928. The first-order valence-electron chi connectivity index (χ1n) is 6.49. The van der Waals surface area contributed by atoms with E-state index in [2.05, 4.69) is 15.6 Å². The van der Waals surface area contributed by atoms with Crippen LogP contribution in [0.25, 0.3) is 0 Å². The van der Waals surface area contributed by atoms with E-state index < -0.39 is 0 Å². The number of hydrogen-bond donors (Lipinski definition) is 2. The van der Waals surface area contributed by atoms with Gasteiger partial charge in [0.1, 0.15) is 11.5 Å². The topological polar surface area (TPSA) is 72.5 Å². The highest BCUT2D eigenvalue weighted by Crippen LogP contribution is 2.35. The second kappa shape index (κ2) is 7.51. The van der Waals surface area contributed by atoms with Gasteiger partial charge in [-0.15, -0.1) is 0 Å². The smallest absolute Gasteiger partial charge is 0.319 e. The minimum absolute atomic E-state index is 0.367. The van der Waals surface area contributed by atoms with E-state index in [0.29, 0.717) is 28.8 Å². The highest BCUT2D eigenvalue weighted by molar-refractivity contribution is 6.32. The van der Waals surface area contributed by atoms with Crippen molar-refractivity contribution < 1.29 is 14.3 Å². The molecule has 2 amide bonds. The fourth-order valence-corrected chi connectivity index (χ4v) is 2.05. The van der Waals surface area contributed by atoms with Crippen LogP contribution in [0.3, 0.4) is 0 Å². The molecule has 0 aliphatic heterocycles. The summed E-state index contributed by atoms with van der Waals surface area (Å²) in [5.41, 5.74) is 1.36. The van der Waals surface area contributed by atoms with E-state index in [-0.39, 0.29) is 6.03 Å². The lowest BCUT2D eigenvalue weighted by atomic mass is 10.2. The zero-order valence-corrected chi connectivity index (χ0v) is 13.0.